The van der Waals surface area contributed by atoms with Crippen LogP contribution in [0.5, 0.6) is 0 Å². The molecule has 0 spiro atoms. The molecule has 0 saturated heterocycles. The van der Waals surface area contributed by atoms with Gasteiger partial charge in [0.25, 0.3) is 0 Å². The molecule has 0 saturated carbocycles. The Bertz CT molecular complexity index is 544. The number of aromatic nitrogens is 1. The molecule has 100 valence electrons. The molecule has 9 nitrogen and oxygen atoms in total. The number of hydrogen-bond acceptors (Lipinski definition) is 7. The first-order valence-corrected chi connectivity index (χ1v) is 6.25. The highest BCUT2D eigenvalue weighted by atomic mass is 32.2. The first kappa shape index (κ1) is 14.3. The number of nitro groups is 1. The van der Waals surface area contributed by atoms with Crippen LogP contribution in [0.15, 0.2) is 17.2 Å². The Balaban J connectivity index is 3.02. The Morgan fingerprint density at radius 2 is 2.28 bits per heavy atom. The van der Waals surface area contributed by atoms with E-state index < -0.39 is 20.6 Å². The molecule has 0 aliphatic heterocycles. The fourth-order valence-electron chi connectivity index (χ4n) is 1.10. The third-order valence-corrected chi connectivity index (χ3v) is 3.41. The number of nitrogens with two attached hydrogens (primary N) is 1. The van der Waals surface area contributed by atoms with Gasteiger partial charge < -0.3 is 10.5 Å². The van der Waals surface area contributed by atoms with Crippen LogP contribution < -0.4 is 10.5 Å². The van der Waals surface area contributed by atoms with Gasteiger partial charge in [0.1, 0.15) is 4.90 Å². The highest BCUT2D eigenvalue weighted by Crippen LogP contribution is 2.21. The van der Waals surface area contributed by atoms with Crippen molar-refractivity contribution < 1.29 is 18.1 Å². The van der Waals surface area contributed by atoms with E-state index in [9.17, 15) is 18.5 Å². The highest BCUT2D eigenvalue weighted by Gasteiger charge is 2.20. The lowest BCUT2D eigenvalue weighted by Crippen LogP contribution is -2.27. The fourth-order valence-corrected chi connectivity index (χ4v) is 2.08. The van der Waals surface area contributed by atoms with Crippen LogP contribution in [0, 0.1) is 10.1 Å². The number of rotatable bonds is 6. The Hall–Kier alpha value is -1.78. The molecule has 0 aromatic carbocycles. The summed E-state index contributed by atoms with van der Waals surface area (Å²) in [6.45, 7) is 0.237. The zero-order valence-electron chi connectivity index (χ0n) is 9.49. The summed E-state index contributed by atoms with van der Waals surface area (Å²) >= 11 is 0. The van der Waals surface area contributed by atoms with Gasteiger partial charge >= 0.3 is 5.69 Å². The van der Waals surface area contributed by atoms with E-state index in [1.54, 1.807) is 0 Å². The largest absolute Gasteiger partial charge is 0.383 e. The summed E-state index contributed by atoms with van der Waals surface area (Å²) in [6, 6.07) is 0.859. The zero-order valence-corrected chi connectivity index (χ0v) is 10.3. The first-order chi connectivity index (χ1) is 8.38. The van der Waals surface area contributed by atoms with Crippen LogP contribution in [0.4, 0.5) is 11.5 Å². The monoisotopic (exact) mass is 276 g/mol. The summed E-state index contributed by atoms with van der Waals surface area (Å²) in [6.07, 6.45) is 0.956. The maximum absolute atomic E-state index is 11.7. The molecule has 0 unspecified atom stereocenters. The Morgan fingerprint density at radius 3 is 2.83 bits per heavy atom. The van der Waals surface area contributed by atoms with Gasteiger partial charge in [-0.2, -0.15) is 0 Å². The number of hydrogen-bond donors (Lipinski definition) is 2. The van der Waals surface area contributed by atoms with Gasteiger partial charge in [-0.25, -0.2) is 18.1 Å². The number of anilines is 1. The molecule has 1 rings (SSSR count). The van der Waals surface area contributed by atoms with E-state index in [2.05, 4.69) is 14.4 Å². The van der Waals surface area contributed by atoms with Crippen LogP contribution in [-0.4, -0.2) is 38.6 Å². The van der Waals surface area contributed by atoms with Crippen LogP contribution in [0.2, 0.25) is 0 Å². The van der Waals surface area contributed by atoms with Gasteiger partial charge in [0.05, 0.1) is 11.5 Å². The van der Waals surface area contributed by atoms with E-state index in [0.29, 0.717) is 0 Å². The van der Waals surface area contributed by atoms with Crippen molar-refractivity contribution in [3.05, 3.63) is 22.4 Å². The maximum atomic E-state index is 11.7. The first-order valence-electron chi connectivity index (χ1n) is 4.77. The summed E-state index contributed by atoms with van der Waals surface area (Å²) < 4.78 is 30.3. The minimum Gasteiger partial charge on any atom is -0.383 e. The second-order valence-electron chi connectivity index (χ2n) is 3.22. The number of nitrogens with one attached hydrogen (secondary N) is 1. The lowest BCUT2D eigenvalue weighted by atomic mass is 10.4. The lowest BCUT2D eigenvalue weighted by molar-refractivity contribution is -0.384. The van der Waals surface area contributed by atoms with Crippen molar-refractivity contribution in [1.82, 2.24) is 9.71 Å². The molecule has 0 bridgehead atoms. The number of sulfonamides is 1. The van der Waals surface area contributed by atoms with Crippen molar-refractivity contribution in [3.63, 3.8) is 0 Å². The molecule has 1 heterocycles. The minimum absolute atomic E-state index is 0.0526. The molecule has 18 heavy (non-hydrogen) atoms. The topological polar surface area (TPSA) is 137 Å². The lowest BCUT2D eigenvalue weighted by Gasteiger charge is -2.06. The second-order valence-corrected chi connectivity index (χ2v) is 4.99. The van der Waals surface area contributed by atoms with Gasteiger partial charge in [0.15, 0.2) is 0 Å². The summed E-state index contributed by atoms with van der Waals surface area (Å²) in [5.41, 5.74) is 4.72. The van der Waals surface area contributed by atoms with Crippen LogP contribution in [0.25, 0.3) is 0 Å². The van der Waals surface area contributed by atoms with Crippen LogP contribution in [0.1, 0.15) is 0 Å². The Labute approximate surface area is 103 Å². The molecule has 1 aromatic rings. The quantitative estimate of drug-likeness (QED) is 0.405. The number of nitrogens with zero attached hydrogens (tertiary/aromatic N) is 2. The number of ether oxygens (including phenoxy) is 1. The van der Waals surface area contributed by atoms with Crippen molar-refractivity contribution in [3.8, 4) is 0 Å². The van der Waals surface area contributed by atoms with Gasteiger partial charge in [0.2, 0.25) is 15.8 Å². The van der Waals surface area contributed by atoms with E-state index in [1.165, 1.54) is 7.11 Å². The molecule has 10 heteroatoms. The van der Waals surface area contributed by atoms with Crippen LogP contribution >= 0.6 is 0 Å². The molecule has 0 fully saturated rings. The summed E-state index contributed by atoms with van der Waals surface area (Å²) in [5, 5.41) is 10.6. The molecule has 0 atom stereocenters. The van der Waals surface area contributed by atoms with Gasteiger partial charge in [-0.1, -0.05) is 0 Å². The maximum Gasteiger partial charge on any atom is 0.312 e. The standard InChI is InChI=1S/C8H12N4O5S/c1-17-3-2-11-18(15,16)6-4-7(12(13)14)8(9)10-5-6/h4-5,11H,2-3H2,1H3,(H2,9,10). The van der Waals surface area contributed by atoms with Crippen molar-refractivity contribution in [2.75, 3.05) is 26.0 Å². The predicted molar refractivity (Wildman–Crippen MR) is 62.4 cm³/mol. The van der Waals surface area contributed by atoms with E-state index in [4.69, 9.17) is 5.73 Å². The summed E-state index contributed by atoms with van der Waals surface area (Å²) in [7, 11) is -2.44. The van der Waals surface area contributed by atoms with Crippen LogP contribution in [-0.2, 0) is 14.8 Å². The molecule has 0 amide bonds. The van der Waals surface area contributed by atoms with E-state index >= 15 is 0 Å². The minimum atomic E-state index is -3.86. The fraction of sp³-hybridized carbons (Fsp3) is 0.375. The van der Waals surface area contributed by atoms with Crippen molar-refractivity contribution in [2.24, 2.45) is 0 Å². The number of pyridine rings is 1. The molecular formula is C8H12N4O5S. The zero-order chi connectivity index (χ0) is 13.8. The molecule has 3 N–H and O–H groups in total. The molecular weight excluding hydrogens is 264 g/mol. The number of nitrogen functional groups attached to an aromatic ring is 1. The van der Waals surface area contributed by atoms with E-state index in [1.807, 2.05) is 0 Å². The van der Waals surface area contributed by atoms with Gasteiger partial charge in [-0.05, 0) is 0 Å². The summed E-state index contributed by atoms with van der Waals surface area (Å²) in [5.74, 6) is -0.337. The smallest absolute Gasteiger partial charge is 0.312 e. The molecule has 0 aliphatic carbocycles. The highest BCUT2D eigenvalue weighted by molar-refractivity contribution is 7.89. The average molecular weight is 276 g/mol. The van der Waals surface area contributed by atoms with Gasteiger partial charge in [0, 0.05) is 25.9 Å². The van der Waals surface area contributed by atoms with Crippen LogP contribution in [0.3, 0.4) is 0 Å². The Morgan fingerprint density at radius 1 is 1.61 bits per heavy atom. The van der Waals surface area contributed by atoms with Crippen molar-refractivity contribution >= 4 is 21.5 Å². The summed E-state index contributed by atoms with van der Waals surface area (Å²) in [4.78, 5) is 13.0. The van der Waals surface area contributed by atoms with Crippen molar-refractivity contribution in [1.29, 1.82) is 0 Å². The third-order valence-electron chi connectivity index (χ3n) is 1.98. The Kier molecular flexibility index (Phi) is 4.53. The van der Waals surface area contributed by atoms with Gasteiger partial charge in [-0.3, -0.25) is 10.1 Å². The molecule has 0 aliphatic rings. The number of methoxy groups -OCH3 is 1. The van der Waals surface area contributed by atoms with E-state index in [-0.39, 0.29) is 23.9 Å². The molecule has 0 radical (unpaired) electrons. The normalized spacial score (nSPS) is 11.4. The second kappa shape index (κ2) is 5.71. The SMILES string of the molecule is COCCNS(=O)(=O)c1cnc(N)c([N+](=O)[O-])c1. The average Bonchev–Trinajstić information content (AvgIpc) is 2.29. The van der Waals surface area contributed by atoms with Crippen molar-refractivity contribution in [2.45, 2.75) is 4.90 Å². The molecule has 1 aromatic heterocycles. The van der Waals surface area contributed by atoms with Gasteiger partial charge in [-0.15, -0.1) is 0 Å². The third kappa shape index (κ3) is 3.35. The van der Waals surface area contributed by atoms with E-state index in [0.717, 1.165) is 12.3 Å². The predicted octanol–water partition coefficient (Wildman–Crippen LogP) is -0.503.